The fourth-order valence-corrected chi connectivity index (χ4v) is 1.85. The summed E-state index contributed by atoms with van der Waals surface area (Å²) in [6.45, 7) is 17.2. The van der Waals surface area contributed by atoms with Crippen molar-refractivity contribution in [3.8, 4) is 0 Å². The van der Waals surface area contributed by atoms with E-state index in [1.54, 1.807) is 0 Å². The molecule has 0 saturated heterocycles. The highest BCUT2D eigenvalue weighted by molar-refractivity contribution is 14.0. The highest BCUT2D eigenvalue weighted by Gasteiger charge is 2.02. The van der Waals surface area contributed by atoms with Gasteiger partial charge in [0.25, 0.3) is 0 Å². The molecule has 0 atom stereocenters. The molecule has 5 heteroatoms. The van der Waals surface area contributed by atoms with Crippen LogP contribution in [0.1, 0.15) is 47.5 Å². The number of guanidine groups is 1. The van der Waals surface area contributed by atoms with E-state index < -0.39 is 0 Å². The van der Waals surface area contributed by atoms with Gasteiger partial charge in [0.05, 0.1) is 0 Å². The van der Waals surface area contributed by atoms with Gasteiger partial charge in [0, 0.05) is 26.2 Å². The third-order valence-electron chi connectivity index (χ3n) is 3.03. The first-order chi connectivity index (χ1) is 9.13. The van der Waals surface area contributed by atoms with Crippen molar-refractivity contribution in [3.63, 3.8) is 0 Å². The maximum atomic E-state index is 4.60. The molecular formula is C15H35IN4. The predicted molar refractivity (Wildman–Crippen MR) is 101 cm³/mol. The average Bonchev–Trinajstić information content (AvgIpc) is 2.37. The van der Waals surface area contributed by atoms with Crippen LogP contribution in [0.5, 0.6) is 0 Å². The number of nitrogens with zero attached hydrogens (tertiary/aromatic N) is 2. The summed E-state index contributed by atoms with van der Waals surface area (Å²) in [6, 6.07) is 0. The van der Waals surface area contributed by atoms with E-state index in [2.05, 4.69) is 55.1 Å². The summed E-state index contributed by atoms with van der Waals surface area (Å²) in [4.78, 5) is 7.06. The van der Waals surface area contributed by atoms with Crippen LogP contribution in [0.25, 0.3) is 0 Å². The monoisotopic (exact) mass is 398 g/mol. The number of aliphatic imine (C=N–C) groups is 1. The van der Waals surface area contributed by atoms with Crippen LogP contribution in [-0.4, -0.2) is 50.1 Å². The van der Waals surface area contributed by atoms with Crippen molar-refractivity contribution in [3.05, 3.63) is 0 Å². The van der Waals surface area contributed by atoms with Crippen LogP contribution >= 0.6 is 24.0 Å². The summed E-state index contributed by atoms with van der Waals surface area (Å²) >= 11 is 0. The Labute approximate surface area is 143 Å². The molecule has 0 amide bonds. The van der Waals surface area contributed by atoms with Gasteiger partial charge in [0.15, 0.2) is 5.96 Å². The van der Waals surface area contributed by atoms with Gasteiger partial charge in [-0.1, -0.05) is 27.7 Å². The van der Waals surface area contributed by atoms with Crippen molar-refractivity contribution in [1.29, 1.82) is 0 Å². The third-order valence-corrected chi connectivity index (χ3v) is 3.03. The largest absolute Gasteiger partial charge is 0.357 e. The van der Waals surface area contributed by atoms with Gasteiger partial charge >= 0.3 is 0 Å². The smallest absolute Gasteiger partial charge is 0.191 e. The van der Waals surface area contributed by atoms with Crippen molar-refractivity contribution in [2.24, 2.45) is 10.9 Å². The SMILES string of the molecule is CCCN(CC)CCNC(=NCCC(C)C)NCC.I. The van der Waals surface area contributed by atoms with E-state index in [1.165, 1.54) is 13.0 Å². The van der Waals surface area contributed by atoms with E-state index in [0.29, 0.717) is 5.92 Å². The molecule has 4 nitrogen and oxygen atoms in total. The Hall–Kier alpha value is -0.0400. The molecule has 0 unspecified atom stereocenters. The first kappa shape index (κ1) is 22.2. The molecule has 0 aliphatic rings. The summed E-state index contributed by atoms with van der Waals surface area (Å²) < 4.78 is 0. The molecule has 0 heterocycles. The number of likely N-dealkylation sites (N-methyl/N-ethyl adjacent to an activating group) is 1. The molecule has 0 bridgehead atoms. The van der Waals surface area contributed by atoms with Crippen LogP contribution in [0.2, 0.25) is 0 Å². The van der Waals surface area contributed by atoms with Crippen LogP contribution < -0.4 is 10.6 Å². The maximum Gasteiger partial charge on any atom is 0.191 e. The summed E-state index contributed by atoms with van der Waals surface area (Å²) in [5, 5.41) is 6.72. The molecule has 0 saturated carbocycles. The van der Waals surface area contributed by atoms with Crippen LogP contribution in [0, 0.1) is 5.92 Å². The number of hydrogen-bond donors (Lipinski definition) is 2. The van der Waals surface area contributed by atoms with Gasteiger partial charge in [0.1, 0.15) is 0 Å². The second-order valence-electron chi connectivity index (χ2n) is 5.30. The fraction of sp³-hybridized carbons (Fsp3) is 0.933. The molecule has 0 aliphatic carbocycles. The molecular weight excluding hydrogens is 363 g/mol. The van der Waals surface area contributed by atoms with Crippen LogP contribution in [0.15, 0.2) is 4.99 Å². The topological polar surface area (TPSA) is 39.7 Å². The lowest BCUT2D eigenvalue weighted by atomic mass is 10.1. The minimum Gasteiger partial charge on any atom is -0.357 e. The molecule has 0 aromatic heterocycles. The molecule has 20 heavy (non-hydrogen) atoms. The molecule has 0 fully saturated rings. The van der Waals surface area contributed by atoms with Crippen molar-refractivity contribution < 1.29 is 0 Å². The van der Waals surface area contributed by atoms with Gasteiger partial charge in [-0.15, -0.1) is 24.0 Å². The van der Waals surface area contributed by atoms with E-state index in [1.807, 2.05) is 0 Å². The van der Waals surface area contributed by atoms with Crippen LogP contribution in [0.3, 0.4) is 0 Å². The zero-order valence-corrected chi connectivity index (χ0v) is 16.4. The lowest BCUT2D eigenvalue weighted by Gasteiger charge is -2.20. The van der Waals surface area contributed by atoms with Gasteiger partial charge in [-0.25, -0.2) is 0 Å². The lowest BCUT2D eigenvalue weighted by molar-refractivity contribution is 0.293. The van der Waals surface area contributed by atoms with E-state index in [4.69, 9.17) is 0 Å². The van der Waals surface area contributed by atoms with Crippen molar-refractivity contribution in [2.45, 2.75) is 47.5 Å². The highest BCUT2D eigenvalue weighted by atomic mass is 127. The number of hydrogen-bond acceptors (Lipinski definition) is 2. The average molecular weight is 398 g/mol. The van der Waals surface area contributed by atoms with Gasteiger partial charge in [0.2, 0.25) is 0 Å². The normalized spacial score (nSPS) is 11.7. The summed E-state index contributed by atoms with van der Waals surface area (Å²) in [6.07, 6.45) is 2.36. The molecule has 0 radical (unpaired) electrons. The van der Waals surface area contributed by atoms with Crippen LogP contribution in [0.4, 0.5) is 0 Å². The van der Waals surface area contributed by atoms with Crippen molar-refractivity contribution in [2.75, 3.05) is 39.3 Å². The summed E-state index contributed by atoms with van der Waals surface area (Å²) in [7, 11) is 0. The van der Waals surface area contributed by atoms with E-state index in [0.717, 1.165) is 45.1 Å². The molecule has 0 spiro atoms. The molecule has 0 aromatic rings. The molecule has 2 N–H and O–H groups in total. The Balaban J connectivity index is 0. The van der Waals surface area contributed by atoms with Gasteiger partial charge in [-0.05, 0) is 38.8 Å². The van der Waals surface area contributed by atoms with Gasteiger partial charge < -0.3 is 15.5 Å². The van der Waals surface area contributed by atoms with E-state index in [9.17, 15) is 0 Å². The predicted octanol–water partition coefficient (Wildman–Crippen LogP) is 2.94. The fourth-order valence-electron chi connectivity index (χ4n) is 1.85. The molecule has 0 aromatic carbocycles. The minimum absolute atomic E-state index is 0. The Morgan fingerprint density at radius 1 is 1.10 bits per heavy atom. The Morgan fingerprint density at radius 2 is 1.80 bits per heavy atom. The van der Waals surface area contributed by atoms with Crippen LogP contribution in [-0.2, 0) is 0 Å². The molecule has 122 valence electrons. The van der Waals surface area contributed by atoms with Crippen molar-refractivity contribution >= 4 is 29.9 Å². The first-order valence-corrected chi connectivity index (χ1v) is 7.88. The number of rotatable bonds is 10. The van der Waals surface area contributed by atoms with E-state index in [-0.39, 0.29) is 24.0 Å². The standard InChI is InChI=1S/C15H34N4.HI/c1-6-12-19(8-3)13-11-18-15(16-7-2)17-10-9-14(4)5;/h14H,6-13H2,1-5H3,(H2,16,17,18);1H. The van der Waals surface area contributed by atoms with E-state index >= 15 is 0 Å². The third kappa shape index (κ3) is 13.0. The lowest BCUT2D eigenvalue weighted by Crippen LogP contribution is -2.41. The molecule has 0 rings (SSSR count). The Kier molecular flexibility index (Phi) is 17.1. The zero-order valence-electron chi connectivity index (χ0n) is 14.0. The second kappa shape index (κ2) is 15.4. The Bertz CT molecular complexity index is 232. The van der Waals surface area contributed by atoms with Gasteiger partial charge in [-0.2, -0.15) is 0 Å². The van der Waals surface area contributed by atoms with Gasteiger partial charge in [-0.3, -0.25) is 4.99 Å². The Morgan fingerprint density at radius 3 is 2.30 bits per heavy atom. The maximum absolute atomic E-state index is 4.60. The minimum atomic E-state index is 0. The first-order valence-electron chi connectivity index (χ1n) is 7.88. The van der Waals surface area contributed by atoms with Crippen molar-refractivity contribution in [1.82, 2.24) is 15.5 Å². The number of halogens is 1. The zero-order chi connectivity index (χ0) is 14.5. The summed E-state index contributed by atoms with van der Waals surface area (Å²) in [5.74, 6) is 1.67. The number of nitrogens with one attached hydrogen (secondary N) is 2. The quantitative estimate of drug-likeness (QED) is 0.338. The second-order valence-corrected chi connectivity index (χ2v) is 5.30. The highest BCUT2D eigenvalue weighted by Crippen LogP contribution is 1.98. The summed E-state index contributed by atoms with van der Waals surface area (Å²) in [5.41, 5.74) is 0. The molecule has 0 aliphatic heterocycles.